The number of fused-ring (bicyclic) bond motifs is 1. The predicted octanol–water partition coefficient (Wildman–Crippen LogP) is 9.39. The second-order valence-corrected chi connectivity index (χ2v) is 15.6. The molecule has 1 heterocycles. The van der Waals surface area contributed by atoms with Crippen LogP contribution in [0.4, 0.5) is 17.1 Å². The number of nitrogens with one attached hydrogen (secondary N) is 1. The number of hydrogen-bond acceptors (Lipinski definition) is 7. The smallest absolute Gasteiger partial charge is 0.331 e. The summed E-state index contributed by atoms with van der Waals surface area (Å²) in [7, 11) is -3.25. The highest BCUT2D eigenvalue weighted by Gasteiger charge is 2.42. The van der Waals surface area contributed by atoms with E-state index in [0.717, 1.165) is 61.4 Å². The summed E-state index contributed by atoms with van der Waals surface area (Å²) in [4.78, 5) is 26.9. The molecule has 0 saturated carbocycles. The number of ether oxygens (including phenoxy) is 1. The fourth-order valence-corrected chi connectivity index (χ4v) is 8.29. The Hall–Kier alpha value is -2.66. The van der Waals surface area contributed by atoms with Crippen LogP contribution in [0.25, 0.3) is 0 Å². The maximum absolute atomic E-state index is 12.6. The highest BCUT2D eigenvalue weighted by molar-refractivity contribution is 8.24. The van der Waals surface area contributed by atoms with Crippen LogP contribution in [0.5, 0.6) is 5.75 Å². The number of carbonyl (C=O) groups is 2. The van der Waals surface area contributed by atoms with Crippen LogP contribution >= 0.6 is 22.4 Å². The molecule has 0 atom stereocenters. The number of anilines is 3. The lowest BCUT2D eigenvalue weighted by molar-refractivity contribution is -0.131. The molecule has 10 heteroatoms. The van der Waals surface area contributed by atoms with Crippen molar-refractivity contribution in [2.24, 2.45) is 10.8 Å². The maximum Gasteiger partial charge on any atom is 0.331 e. The third kappa shape index (κ3) is 9.66. The zero-order chi connectivity index (χ0) is 31.8. The molecule has 2 aromatic rings. The summed E-state index contributed by atoms with van der Waals surface area (Å²) in [5.74, 6) is -0.560. The number of carboxylic acids is 1. The Morgan fingerprint density at radius 3 is 2.26 bits per heavy atom. The summed E-state index contributed by atoms with van der Waals surface area (Å²) in [5.41, 5.74) is 1.83. The van der Waals surface area contributed by atoms with Crippen molar-refractivity contribution in [3.8, 4) is 5.75 Å². The molecule has 1 aliphatic rings. The van der Waals surface area contributed by atoms with E-state index in [-0.39, 0.29) is 22.5 Å². The van der Waals surface area contributed by atoms with E-state index in [1.165, 1.54) is 11.8 Å². The van der Waals surface area contributed by atoms with Crippen molar-refractivity contribution in [1.82, 2.24) is 0 Å². The Morgan fingerprint density at radius 2 is 1.72 bits per heavy atom. The Bertz CT molecular complexity index is 1280. The van der Waals surface area contributed by atoms with Gasteiger partial charge in [-0.3, -0.25) is 13.9 Å². The monoisotopic (exact) mass is 632 g/mol. The summed E-state index contributed by atoms with van der Waals surface area (Å²) in [6, 6.07) is 11.3. The van der Waals surface area contributed by atoms with Crippen LogP contribution in [0.2, 0.25) is 0 Å². The number of unbranched alkanes of at least 4 members (excludes halogenated alkanes) is 2. The summed E-state index contributed by atoms with van der Waals surface area (Å²) in [6.45, 7) is 11.0. The van der Waals surface area contributed by atoms with Gasteiger partial charge in [0.15, 0.2) is 0 Å². The molecule has 0 radical (unpaired) electrons. The fraction of sp³-hybridized carbons (Fsp3) is 0.515. The van der Waals surface area contributed by atoms with E-state index in [1.54, 1.807) is 6.07 Å². The summed E-state index contributed by atoms with van der Waals surface area (Å²) in [6.07, 6.45) is 10.0. The largest absolute Gasteiger partial charge is 0.478 e. The van der Waals surface area contributed by atoms with Crippen molar-refractivity contribution < 1.29 is 28.5 Å². The first-order valence-corrected chi connectivity index (χ1v) is 17.9. The second-order valence-electron chi connectivity index (χ2n) is 12.7. The second kappa shape index (κ2) is 14.9. The molecule has 0 aromatic heterocycles. The van der Waals surface area contributed by atoms with Crippen LogP contribution < -0.4 is 15.0 Å². The molecule has 3 rings (SSSR count). The molecule has 1 aliphatic heterocycles. The van der Waals surface area contributed by atoms with Gasteiger partial charge in [0.05, 0.1) is 27.8 Å². The molecule has 4 N–H and O–H groups in total. The van der Waals surface area contributed by atoms with Gasteiger partial charge in [-0.05, 0) is 54.8 Å². The SMILES string of the molecule is CCCCC1(CCCC)CN(c2ccc(NC(=O)CC(C)(C)C)cc2)c2cc(SC)c(OC=CC(=O)O)cc2S(O)(O)C1. The molecule has 2 aromatic carbocycles. The van der Waals surface area contributed by atoms with E-state index >= 15 is 0 Å². The van der Waals surface area contributed by atoms with E-state index in [9.17, 15) is 18.7 Å². The van der Waals surface area contributed by atoms with Crippen LogP contribution in [-0.4, -0.2) is 44.6 Å². The lowest BCUT2D eigenvalue weighted by Crippen LogP contribution is -2.37. The quantitative estimate of drug-likeness (QED) is 0.0980. The van der Waals surface area contributed by atoms with Crippen molar-refractivity contribution in [3.05, 3.63) is 48.7 Å². The highest BCUT2D eigenvalue weighted by Crippen LogP contribution is 2.62. The molecule has 0 aliphatic carbocycles. The van der Waals surface area contributed by atoms with Crippen molar-refractivity contribution in [2.45, 2.75) is 89.4 Å². The zero-order valence-electron chi connectivity index (χ0n) is 26.3. The van der Waals surface area contributed by atoms with Crippen molar-refractivity contribution in [1.29, 1.82) is 0 Å². The molecule has 238 valence electrons. The number of aliphatic carboxylic acids is 1. The molecule has 8 nitrogen and oxygen atoms in total. The van der Waals surface area contributed by atoms with Gasteiger partial charge >= 0.3 is 5.97 Å². The minimum Gasteiger partial charge on any atom is -0.478 e. The summed E-state index contributed by atoms with van der Waals surface area (Å²) < 4.78 is 29.4. The van der Waals surface area contributed by atoms with Gasteiger partial charge in [0.2, 0.25) is 5.91 Å². The Labute approximate surface area is 262 Å². The number of carbonyl (C=O) groups excluding carboxylic acids is 1. The van der Waals surface area contributed by atoms with E-state index in [0.29, 0.717) is 35.0 Å². The van der Waals surface area contributed by atoms with Crippen LogP contribution in [0.15, 0.2) is 58.5 Å². The fourth-order valence-electron chi connectivity index (χ4n) is 5.56. The van der Waals surface area contributed by atoms with E-state index in [2.05, 4.69) is 24.1 Å². The normalized spacial score (nSPS) is 16.8. The Morgan fingerprint density at radius 1 is 1.09 bits per heavy atom. The first-order chi connectivity index (χ1) is 20.2. The number of hydrogen-bond donors (Lipinski definition) is 4. The van der Waals surface area contributed by atoms with Gasteiger partial charge in [-0.15, -0.1) is 11.8 Å². The molecule has 0 unspecified atom stereocenters. The Kier molecular flexibility index (Phi) is 12.1. The zero-order valence-corrected chi connectivity index (χ0v) is 27.9. The predicted molar refractivity (Wildman–Crippen MR) is 179 cm³/mol. The average Bonchev–Trinajstić information content (AvgIpc) is 3.01. The first-order valence-electron chi connectivity index (χ1n) is 14.9. The van der Waals surface area contributed by atoms with E-state index in [4.69, 9.17) is 9.84 Å². The molecule has 43 heavy (non-hydrogen) atoms. The Balaban J connectivity index is 2.15. The summed E-state index contributed by atoms with van der Waals surface area (Å²) >= 11 is 1.44. The molecule has 0 spiro atoms. The van der Waals surface area contributed by atoms with Gasteiger partial charge < -0.3 is 20.1 Å². The maximum atomic E-state index is 12.6. The topological polar surface area (TPSA) is 119 Å². The molecular weight excluding hydrogens is 585 g/mol. The van der Waals surface area contributed by atoms with Gasteiger partial charge in [-0.25, -0.2) is 4.79 Å². The van der Waals surface area contributed by atoms with Crippen molar-refractivity contribution in [2.75, 3.05) is 28.8 Å². The van der Waals surface area contributed by atoms with Gasteiger partial charge in [0.25, 0.3) is 0 Å². The van der Waals surface area contributed by atoms with Gasteiger partial charge in [0, 0.05) is 41.6 Å². The highest BCUT2D eigenvalue weighted by atomic mass is 32.3. The third-order valence-corrected chi connectivity index (χ3v) is 10.4. The van der Waals surface area contributed by atoms with Gasteiger partial charge in [-0.1, -0.05) is 60.3 Å². The number of rotatable bonds is 13. The number of benzene rings is 2. The lowest BCUT2D eigenvalue weighted by atomic mass is 9.79. The van der Waals surface area contributed by atoms with E-state index < -0.39 is 16.6 Å². The minimum absolute atomic E-state index is 0.0402. The minimum atomic E-state index is -3.25. The molecule has 0 fully saturated rings. The van der Waals surface area contributed by atoms with Gasteiger partial charge in [-0.2, -0.15) is 10.6 Å². The van der Waals surface area contributed by atoms with Crippen LogP contribution in [0.3, 0.4) is 0 Å². The molecule has 1 amide bonds. The standard InChI is InChI=1S/C33H48N2O6S2/c1-7-9-16-33(17-10-8-2)22-35(25-13-11-24(12-14-25)34-30(36)21-32(3,4)5)26-19-28(42-6)27(41-18-15-31(37)38)20-29(26)43(39,40)23-33/h11-15,18-20,39-40H,7-10,16-17,21-23H2,1-6H3,(H,34,36)(H,37,38). The van der Waals surface area contributed by atoms with Crippen LogP contribution in [0, 0.1) is 10.8 Å². The number of thioether (sulfide) groups is 1. The third-order valence-electron chi connectivity index (χ3n) is 7.57. The van der Waals surface area contributed by atoms with Crippen LogP contribution in [-0.2, 0) is 9.59 Å². The van der Waals surface area contributed by atoms with Gasteiger partial charge in [0.1, 0.15) is 5.75 Å². The van der Waals surface area contributed by atoms with Crippen molar-refractivity contribution >= 4 is 51.3 Å². The number of amides is 1. The van der Waals surface area contributed by atoms with Crippen LogP contribution in [0.1, 0.15) is 79.6 Å². The average molecular weight is 633 g/mol. The molecule has 0 saturated heterocycles. The molecule has 0 bridgehead atoms. The lowest BCUT2D eigenvalue weighted by Gasteiger charge is -2.42. The number of carboxylic acid groups (broad SMARTS) is 1. The molecular formula is C33H48N2O6S2. The first kappa shape index (κ1) is 34.8. The van der Waals surface area contributed by atoms with Crippen molar-refractivity contribution in [3.63, 3.8) is 0 Å². The number of nitrogens with zero attached hydrogens (tertiary/aromatic N) is 1. The van der Waals surface area contributed by atoms with E-state index in [1.807, 2.05) is 57.4 Å². The summed E-state index contributed by atoms with van der Waals surface area (Å²) in [5, 5.41) is 12.0.